The minimum atomic E-state index is -1.40. The molecule has 37 heavy (non-hydrogen) atoms. The van der Waals surface area contributed by atoms with E-state index in [1.54, 1.807) is 24.3 Å². The molecule has 0 fully saturated rings. The summed E-state index contributed by atoms with van der Waals surface area (Å²) >= 11 is 0. The zero-order chi connectivity index (χ0) is 26.5. The lowest BCUT2D eigenvalue weighted by Gasteiger charge is -2.18. The standard InChI is InChI=1S/C29H29NO7/c31-26(25(18-27(32)33)30-29(35)37-19-22-12-6-2-7-13-22)20-36-28(34)17-24(23-14-8-3-9-15-23)16-21-10-4-1-5-11-21/h1-15,24-25H,16-20H2,(H,30,35)(H,32,33). The highest BCUT2D eigenvalue weighted by Gasteiger charge is 2.26. The molecule has 0 spiro atoms. The zero-order valence-electron chi connectivity index (χ0n) is 20.2. The van der Waals surface area contributed by atoms with Gasteiger partial charge in [0.15, 0.2) is 12.4 Å². The van der Waals surface area contributed by atoms with Gasteiger partial charge in [0.1, 0.15) is 12.6 Å². The lowest BCUT2D eigenvalue weighted by atomic mass is 9.89. The molecule has 0 saturated heterocycles. The molecule has 2 unspecified atom stereocenters. The van der Waals surface area contributed by atoms with Crippen molar-refractivity contribution in [3.63, 3.8) is 0 Å². The maximum Gasteiger partial charge on any atom is 0.408 e. The molecule has 1 amide bonds. The predicted octanol–water partition coefficient (Wildman–Crippen LogP) is 4.29. The van der Waals surface area contributed by atoms with Gasteiger partial charge in [-0.05, 0) is 29.0 Å². The van der Waals surface area contributed by atoms with Crippen LogP contribution in [0.2, 0.25) is 0 Å². The SMILES string of the molecule is O=C(O)CC(NC(=O)OCc1ccccc1)C(=O)COC(=O)CC(Cc1ccccc1)c1ccccc1. The highest BCUT2D eigenvalue weighted by molar-refractivity contribution is 5.92. The van der Waals surface area contributed by atoms with Crippen molar-refractivity contribution in [3.05, 3.63) is 108 Å². The van der Waals surface area contributed by atoms with Crippen molar-refractivity contribution in [2.45, 2.75) is 37.8 Å². The number of carboxylic acid groups (broad SMARTS) is 1. The average Bonchev–Trinajstić information content (AvgIpc) is 2.91. The second kappa shape index (κ2) is 14.2. The second-order valence-corrected chi connectivity index (χ2v) is 8.48. The molecule has 0 bridgehead atoms. The Bertz CT molecular complexity index is 1170. The third-order valence-electron chi connectivity index (χ3n) is 5.66. The molecule has 3 aromatic rings. The van der Waals surface area contributed by atoms with E-state index in [0.29, 0.717) is 6.42 Å². The van der Waals surface area contributed by atoms with Gasteiger partial charge in [-0.15, -0.1) is 0 Å². The Labute approximate surface area is 215 Å². The lowest BCUT2D eigenvalue weighted by Crippen LogP contribution is -2.44. The van der Waals surface area contributed by atoms with Gasteiger partial charge in [-0.1, -0.05) is 91.0 Å². The minimum Gasteiger partial charge on any atom is -0.481 e. The molecule has 0 heterocycles. The van der Waals surface area contributed by atoms with E-state index in [-0.39, 0.29) is 18.9 Å². The number of nitrogens with one attached hydrogen (secondary N) is 1. The number of ether oxygens (including phenoxy) is 2. The number of hydrogen-bond donors (Lipinski definition) is 2. The first kappa shape index (κ1) is 27.1. The highest BCUT2D eigenvalue weighted by atomic mass is 16.5. The predicted molar refractivity (Wildman–Crippen MR) is 136 cm³/mol. The van der Waals surface area contributed by atoms with E-state index in [0.717, 1.165) is 16.7 Å². The quantitative estimate of drug-likeness (QED) is 0.334. The molecule has 0 aromatic heterocycles. The summed E-state index contributed by atoms with van der Waals surface area (Å²) in [6.45, 7) is -0.708. The van der Waals surface area contributed by atoms with Crippen LogP contribution in [0, 0.1) is 0 Å². The average molecular weight is 504 g/mol. The number of carbonyl (C=O) groups excluding carboxylic acids is 3. The van der Waals surface area contributed by atoms with Crippen LogP contribution in [0.15, 0.2) is 91.0 Å². The van der Waals surface area contributed by atoms with Gasteiger partial charge in [0.25, 0.3) is 0 Å². The topological polar surface area (TPSA) is 119 Å². The van der Waals surface area contributed by atoms with Gasteiger partial charge in [-0.2, -0.15) is 0 Å². The van der Waals surface area contributed by atoms with Crippen molar-refractivity contribution in [3.8, 4) is 0 Å². The number of carbonyl (C=O) groups is 4. The van der Waals surface area contributed by atoms with Gasteiger partial charge in [0.05, 0.1) is 12.8 Å². The van der Waals surface area contributed by atoms with Crippen molar-refractivity contribution in [1.82, 2.24) is 5.32 Å². The largest absolute Gasteiger partial charge is 0.481 e. The fraction of sp³-hybridized carbons (Fsp3) is 0.241. The number of aliphatic carboxylic acids is 1. The van der Waals surface area contributed by atoms with E-state index in [9.17, 15) is 19.2 Å². The van der Waals surface area contributed by atoms with Gasteiger partial charge in [-0.25, -0.2) is 4.79 Å². The van der Waals surface area contributed by atoms with Crippen LogP contribution in [0.4, 0.5) is 4.79 Å². The Morgan fingerprint density at radius 2 is 1.30 bits per heavy atom. The number of carboxylic acids is 1. The van der Waals surface area contributed by atoms with Crippen LogP contribution in [0.5, 0.6) is 0 Å². The Morgan fingerprint density at radius 3 is 1.89 bits per heavy atom. The van der Waals surface area contributed by atoms with Crippen molar-refractivity contribution in [2.75, 3.05) is 6.61 Å². The number of Topliss-reactive ketones (excluding diaryl/α,β-unsaturated/α-hetero) is 1. The Hall–Kier alpha value is -4.46. The summed E-state index contributed by atoms with van der Waals surface area (Å²) in [5.41, 5.74) is 2.75. The number of hydrogen-bond acceptors (Lipinski definition) is 6. The second-order valence-electron chi connectivity index (χ2n) is 8.48. The molecule has 192 valence electrons. The van der Waals surface area contributed by atoms with Crippen LogP contribution in [-0.2, 0) is 36.9 Å². The molecule has 0 aliphatic heterocycles. The molecule has 3 aromatic carbocycles. The molecule has 3 rings (SSSR count). The number of esters is 1. The molecular weight excluding hydrogens is 474 g/mol. The van der Waals surface area contributed by atoms with Gasteiger partial charge < -0.3 is 19.9 Å². The molecule has 0 saturated carbocycles. The van der Waals surface area contributed by atoms with Crippen LogP contribution in [-0.4, -0.2) is 41.6 Å². The summed E-state index contributed by atoms with van der Waals surface area (Å²) in [5, 5.41) is 11.4. The smallest absolute Gasteiger partial charge is 0.408 e. The van der Waals surface area contributed by atoms with Gasteiger partial charge in [0, 0.05) is 0 Å². The van der Waals surface area contributed by atoms with Crippen LogP contribution in [0.1, 0.15) is 35.4 Å². The van der Waals surface area contributed by atoms with E-state index < -0.39 is 42.9 Å². The first-order valence-corrected chi connectivity index (χ1v) is 11.9. The first-order chi connectivity index (χ1) is 17.9. The summed E-state index contributed by atoms with van der Waals surface area (Å²) < 4.78 is 10.3. The highest BCUT2D eigenvalue weighted by Crippen LogP contribution is 2.25. The molecule has 8 heteroatoms. The van der Waals surface area contributed by atoms with Gasteiger partial charge in [0.2, 0.25) is 0 Å². The number of alkyl carbamates (subject to hydrolysis) is 1. The van der Waals surface area contributed by atoms with Crippen molar-refractivity contribution >= 4 is 23.8 Å². The fourth-order valence-electron chi connectivity index (χ4n) is 3.77. The molecule has 8 nitrogen and oxygen atoms in total. The molecule has 2 atom stereocenters. The first-order valence-electron chi connectivity index (χ1n) is 11.9. The maximum absolute atomic E-state index is 12.6. The zero-order valence-corrected chi connectivity index (χ0v) is 20.2. The molecule has 2 N–H and O–H groups in total. The van der Waals surface area contributed by atoms with Gasteiger partial charge >= 0.3 is 18.0 Å². The van der Waals surface area contributed by atoms with Crippen molar-refractivity contribution < 1.29 is 33.8 Å². The normalized spacial score (nSPS) is 12.1. The van der Waals surface area contributed by atoms with Gasteiger partial charge in [-0.3, -0.25) is 14.4 Å². The van der Waals surface area contributed by atoms with E-state index in [1.165, 1.54) is 0 Å². The van der Waals surface area contributed by atoms with E-state index in [1.807, 2.05) is 66.7 Å². The number of amides is 1. The Balaban J connectivity index is 1.55. The van der Waals surface area contributed by atoms with E-state index >= 15 is 0 Å². The third-order valence-corrected chi connectivity index (χ3v) is 5.66. The summed E-state index contributed by atoms with van der Waals surface area (Å²) in [6, 6.07) is 26.7. The Kier molecular flexibility index (Phi) is 10.4. The molecule has 0 aliphatic carbocycles. The minimum absolute atomic E-state index is 0.0301. The van der Waals surface area contributed by atoms with E-state index in [2.05, 4.69) is 5.32 Å². The molecule has 0 aliphatic rings. The maximum atomic E-state index is 12.6. The summed E-state index contributed by atoms with van der Waals surface area (Å²) in [7, 11) is 0. The van der Waals surface area contributed by atoms with Crippen LogP contribution in [0.3, 0.4) is 0 Å². The molecular formula is C29H29NO7. The summed E-state index contributed by atoms with van der Waals surface area (Å²) in [4.78, 5) is 48.7. The van der Waals surface area contributed by atoms with Crippen LogP contribution < -0.4 is 5.32 Å². The number of rotatable bonds is 13. The summed E-state index contributed by atoms with van der Waals surface area (Å²) in [5.74, 6) is -2.81. The van der Waals surface area contributed by atoms with Crippen molar-refractivity contribution in [2.24, 2.45) is 0 Å². The third kappa shape index (κ3) is 9.60. The monoisotopic (exact) mass is 503 g/mol. The number of benzene rings is 3. The summed E-state index contributed by atoms with van der Waals surface area (Å²) in [6.07, 6.45) is -0.980. The lowest BCUT2D eigenvalue weighted by molar-refractivity contribution is -0.149. The molecule has 0 radical (unpaired) electrons. The van der Waals surface area contributed by atoms with Crippen LogP contribution in [0.25, 0.3) is 0 Å². The number of ketones is 1. The van der Waals surface area contributed by atoms with Crippen LogP contribution >= 0.6 is 0 Å². The van der Waals surface area contributed by atoms with Crippen molar-refractivity contribution in [1.29, 1.82) is 0 Å². The van der Waals surface area contributed by atoms with E-state index in [4.69, 9.17) is 14.6 Å². The fourth-order valence-corrected chi connectivity index (χ4v) is 3.77. The Morgan fingerprint density at radius 1 is 0.730 bits per heavy atom.